The van der Waals surface area contributed by atoms with E-state index in [-0.39, 0.29) is 5.60 Å². The molecule has 2 rings (SSSR count). The van der Waals surface area contributed by atoms with Crippen LogP contribution in [-0.4, -0.2) is 28.4 Å². The van der Waals surface area contributed by atoms with Crippen LogP contribution in [0.4, 0.5) is 0 Å². The monoisotopic (exact) mass is 237 g/mol. The van der Waals surface area contributed by atoms with Crippen LogP contribution in [0.15, 0.2) is 12.4 Å². The molecule has 96 valence electrons. The van der Waals surface area contributed by atoms with Gasteiger partial charge in [-0.3, -0.25) is 5.10 Å². The number of ether oxygens (including phenoxy) is 1. The van der Waals surface area contributed by atoms with Crippen molar-refractivity contribution in [3.8, 4) is 0 Å². The predicted octanol–water partition coefficient (Wildman–Crippen LogP) is 2.41. The lowest BCUT2D eigenvalue weighted by molar-refractivity contribution is -0.0789. The zero-order chi connectivity index (χ0) is 12.3. The van der Waals surface area contributed by atoms with Gasteiger partial charge < -0.3 is 10.1 Å². The molecule has 0 aliphatic carbocycles. The van der Waals surface area contributed by atoms with Crippen LogP contribution in [0, 0.1) is 0 Å². The van der Waals surface area contributed by atoms with Crippen molar-refractivity contribution in [2.75, 3.05) is 6.61 Å². The topological polar surface area (TPSA) is 49.9 Å². The predicted molar refractivity (Wildman–Crippen MR) is 67.8 cm³/mol. The Balaban J connectivity index is 1.91. The molecule has 1 saturated heterocycles. The summed E-state index contributed by atoms with van der Waals surface area (Å²) in [5.74, 6) is 0. The molecule has 1 aromatic rings. The van der Waals surface area contributed by atoms with Crippen LogP contribution in [0.1, 0.15) is 51.6 Å². The molecule has 3 atom stereocenters. The summed E-state index contributed by atoms with van der Waals surface area (Å²) in [6.07, 6.45) is 7.10. The molecule has 4 nitrogen and oxygen atoms in total. The fourth-order valence-electron chi connectivity index (χ4n) is 2.47. The largest absolute Gasteiger partial charge is 0.375 e. The number of aromatic amines is 1. The molecule has 0 saturated carbocycles. The second kappa shape index (κ2) is 5.19. The number of nitrogens with one attached hydrogen (secondary N) is 2. The van der Waals surface area contributed by atoms with Crippen molar-refractivity contribution in [1.82, 2.24) is 15.5 Å². The average molecular weight is 237 g/mol. The molecule has 0 spiro atoms. The normalized spacial score (nSPS) is 31.4. The highest BCUT2D eigenvalue weighted by Gasteiger charge is 2.32. The first-order valence-electron chi connectivity index (χ1n) is 6.51. The second-order valence-corrected chi connectivity index (χ2v) is 5.26. The number of hydrogen-bond acceptors (Lipinski definition) is 3. The maximum absolute atomic E-state index is 5.86. The number of rotatable bonds is 4. The SMILES string of the molecule is CCC1(C)CC(NC(C)c2cn[nH]c2)CCO1. The van der Waals surface area contributed by atoms with Gasteiger partial charge in [-0.1, -0.05) is 6.92 Å². The summed E-state index contributed by atoms with van der Waals surface area (Å²) in [5, 5.41) is 10.5. The van der Waals surface area contributed by atoms with Crippen LogP contribution in [-0.2, 0) is 4.74 Å². The third kappa shape index (κ3) is 3.07. The van der Waals surface area contributed by atoms with E-state index in [0.29, 0.717) is 12.1 Å². The van der Waals surface area contributed by atoms with E-state index in [2.05, 4.69) is 36.3 Å². The van der Waals surface area contributed by atoms with E-state index in [1.54, 1.807) is 0 Å². The summed E-state index contributed by atoms with van der Waals surface area (Å²) >= 11 is 0. The van der Waals surface area contributed by atoms with Crippen LogP contribution in [0.3, 0.4) is 0 Å². The van der Waals surface area contributed by atoms with Gasteiger partial charge in [0, 0.05) is 30.5 Å². The second-order valence-electron chi connectivity index (χ2n) is 5.26. The maximum Gasteiger partial charge on any atom is 0.0666 e. The molecule has 4 heteroatoms. The summed E-state index contributed by atoms with van der Waals surface area (Å²) in [4.78, 5) is 0. The molecule has 0 amide bonds. The van der Waals surface area contributed by atoms with Crippen molar-refractivity contribution in [1.29, 1.82) is 0 Å². The summed E-state index contributed by atoms with van der Waals surface area (Å²) in [6.45, 7) is 7.45. The average Bonchev–Trinajstić information content (AvgIpc) is 2.82. The molecule has 0 aromatic carbocycles. The number of aromatic nitrogens is 2. The fraction of sp³-hybridized carbons (Fsp3) is 0.769. The van der Waals surface area contributed by atoms with Crippen LogP contribution in [0.2, 0.25) is 0 Å². The van der Waals surface area contributed by atoms with Crippen molar-refractivity contribution in [2.45, 2.75) is 57.7 Å². The van der Waals surface area contributed by atoms with Gasteiger partial charge >= 0.3 is 0 Å². The molecular weight excluding hydrogens is 214 g/mol. The summed E-state index contributed by atoms with van der Waals surface area (Å²) in [7, 11) is 0. The molecule has 17 heavy (non-hydrogen) atoms. The Bertz CT molecular complexity index is 338. The first-order chi connectivity index (χ1) is 8.13. The Hall–Kier alpha value is -0.870. The number of hydrogen-bond donors (Lipinski definition) is 2. The lowest BCUT2D eigenvalue weighted by Gasteiger charge is -2.39. The third-order valence-electron chi connectivity index (χ3n) is 3.85. The Labute approximate surface area is 103 Å². The molecule has 1 aliphatic heterocycles. The van der Waals surface area contributed by atoms with Crippen molar-refractivity contribution >= 4 is 0 Å². The molecule has 0 bridgehead atoms. The highest BCUT2D eigenvalue weighted by molar-refractivity contribution is 5.08. The van der Waals surface area contributed by atoms with Crippen molar-refractivity contribution in [2.24, 2.45) is 0 Å². The maximum atomic E-state index is 5.86. The van der Waals surface area contributed by atoms with E-state index in [4.69, 9.17) is 4.74 Å². The first kappa shape index (κ1) is 12.6. The molecule has 1 fully saturated rings. The van der Waals surface area contributed by atoms with Gasteiger partial charge in [-0.05, 0) is 33.1 Å². The van der Waals surface area contributed by atoms with Gasteiger partial charge in [0.2, 0.25) is 0 Å². The zero-order valence-corrected chi connectivity index (χ0v) is 11.0. The zero-order valence-electron chi connectivity index (χ0n) is 11.0. The summed E-state index contributed by atoms with van der Waals surface area (Å²) in [5.41, 5.74) is 1.26. The molecule has 2 heterocycles. The molecule has 0 radical (unpaired) electrons. The standard InChI is InChI=1S/C13H23N3O/c1-4-13(3)7-12(5-6-17-13)16-10(2)11-8-14-15-9-11/h8-10,12,16H,4-7H2,1-3H3,(H,14,15). The minimum Gasteiger partial charge on any atom is -0.375 e. The number of nitrogens with zero attached hydrogens (tertiary/aromatic N) is 1. The smallest absolute Gasteiger partial charge is 0.0666 e. The van der Waals surface area contributed by atoms with E-state index in [1.165, 1.54) is 5.56 Å². The van der Waals surface area contributed by atoms with Crippen LogP contribution in [0.25, 0.3) is 0 Å². The molecule has 2 N–H and O–H groups in total. The lowest BCUT2D eigenvalue weighted by atomic mass is 9.89. The van der Waals surface area contributed by atoms with Gasteiger partial charge in [0.1, 0.15) is 0 Å². The Kier molecular flexibility index (Phi) is 3.84. The number of H-pyrrole nitrogens is 1. The highest BCUT2D eigenvalue weighted by atomic mass is 16.5. The summed E-state index contributed by atoms with van der Waals surface area (Å²) < 4.78 is 5.86. The highest BCUT2D eigenvalue weighted by Crippen LogP contribution is 2.28. The van der Waals surface area contributed by atoms with Crippen LogP contribution >= 0.6 is 0 Å². The van der Waals surface area contributed by atoms with E-state index in [0.717, 1.165) is 25.9 Å². The minimum atomic E-state index is 0.0477. The van der Waals surface area contributed by atoms with Crippen molar-refractivity contribution in [3.05, 3.63) is 18.0 Å². The van der Waals surface area contributed by atoms with Crippen molar-refractivity contribution < 1.29 is 4.74 Å². The van der Waals surface area contributed by atoms with Crippen molar-refractivity contribution in [3.63, 3.8) is 0 Å². The van der Waals surface area contributed by atoms with E-state index >= 15 is 0 Å². The molecule has 1 aromatic heterocycles. The lowest BCUT2D eigenvalue weighted by Crippen LogP contribution is -2.45. The Morgan fingerprint density at radius 1 is 1.71 bits per heavy atom. The third-order valence-corrected chi connectivity index (χ3v) is 3.85. The van der Waals surface area contributed by atoms with Crippen LogP contribution in [0.5, 0.6) is 0 Å². The first-order valence-corrected chi connectivity index (χ1v) is 6.51. The Morgan fingerprint density at radius 3 is 3.18 bits per heavy atom. The van der Waals surface area contributed by atoms with Gasteiger partial charge in [-0.15, -0.1) is 0 Å². The van der Waals surface area contributed by atoms with Gasteiger partial charge in [-0.2, -0.15) is 5.10 Å². The van der Waals surface area contributed by atoms with Gasteiger partial charge in [0.25, 0.3) is 0 Å². The molecule has 1 aliphatic rings. The van der Waals surface area contributed by atoms with Gasteiger partial charge in [0.15, 0.2) is 0 Å². The minimum absolute atomic E-state index is 0.0477. The molecular formula is C13H23N3O. The molecule has 3 unspecified atom stereocenters. The van der Waals surface area contributed by atoms with Gasteiger partial charge in [0.05, 0.1) is 11.8 Å². The van der Waals surface area contributed by atoms with E-state index in [9.17, 15) is 0 Å². The quantitative estimate of drug-likeness (QED) is 0.845. The fourth-order valence-corrected chi connectivity index (χ4v) is 2.47. The van der Waals surface area contributed by atoms with Crippen LogP contribution < -0.4 is 5.32 Å². The Morgan fingerprint density at radius 2 is 2.53 bits per heavy atom. The summed E-state index contributed by atoms with van der Waals surface area (Å²) in [6, 6.07) is 0.886. The van der Waals surface area contributed by atoms with E-state index in [1.807, 2.05) is 12.4 Å². The van der Waals surface area contributed by atoms with E-state index < -0.39 is 0 Å². The van der Waals surface area contributed by atoms with Gasteiger partial charge in [-0.25, -0.2) is 0 Å².